The summed E-state index contributed by atoms with van der Waals surface area (Å²) in [5.41, 5.74) is 2.89. The van der Waals surface area contributed by atoms with E-state index in [1.165, 1.54) is 7.11 Å². The molecule has 0 aliphatic rings. The van der Waals surface area contributed by atoms with Gasteiger partial charge < -0.3 is 9.14 Å². The topological polar surface area (TPSA) is 47.8 Å². The fourth-order valence-electron chi connectivity index (χ4n) is 3.14. The van der Waals surface area contributed by atoms with Crippen LogP contribution in [0, 0.1) is 0 Å². The third-order valence-electron chi connectivity index (χ3n) is 4.38. The molecule has 26 heavy (non-hydrogen) atoms. The zero-order valence-electron chi connectivity index (χ0n) is 13.9. The molecule has 4 aromatic rings. The second-order valence-electron chi connectivity index (χ2n) is 5.88. The first kappa shape index (κ1) is 16.5. The summed E-state index contributed by atoms with van der Waals surface area (Å²) >= 11 is 3.37. The summed E-state index contributed by atoms with van der Waals surface area (Å²) in [6.07, 6.45) is 0. The lowest BCUT2D eigenvalue weighted by Gasteiger charge is -2.07. The Kier molecular flexibility index (Phi) is 4.09. The van der Waals surface area contributed by atoms with Crippen LogP contribution in [0.5, 0.6) is 0 Å². The molecule has 2 aromatic carbocycles. The van der Waals surface area contributed by atoms with Crippen molar-refractivity contribution in [1.29, 1.82) is 0 Å². The molecule has 2 heterocycles. The summed E-state index contributed by atoms with van der Waals surface area (Å²) in [6.45, 7) is 0. The van der Waals surface area contributed by atoms with Gasteiger partial charge in [0.2, 0.25) is 0 Å². The number of pyridine rings is 1. The quantitative estimate of drug-likeness (QED) is 0.359. The van der Waals surface area contributed by atoms with E-state index in [1.807, 2.05) is 48.5 Å². The fraction of sp³-hybridized carbons (Fsp3) is 0.0476. The molecule has 0 bridgehead atoms. The van der Waals surface area contributed by atoms with Crippen LogP contribution in [0.2, 0.25) is 0 Å². The molecule has 0 radical (unpaired) electrons. The number of para-hydroxylation sites is 1. The number of carbonyl (C=O) groups is 2. The molecule has 0 unspecified atom stereocenters. The van der Waals surface area contributed by atoms with Crippen molar-refractivity contribution in [1.82, 2.24) is 4.40 Å². The van der Waals surface area contributed by atoms with Gasteiger partial charge in [0.15, 0.2) is 5.78 Å². The molecular formula is C21H14BrNO3. The van der Waals surface area contributed by atoms with Crippen LogP contribution in [0.25, 0.3) is 16.4 Å². The first-order valence-corrected chi connectivity index (χ1v) is 8.81. The van der Waals surface area contributed by atoms with E-state index in [9.17, 15) is 9.59 Å². The summed E-state index contributed by atoms with van der Waals surface area (Å²) in [5.74, 6) is -0.619. The number of aromatic nitrogens is 1. The number of rotatable bonds is 3. The number of hydrogen-bond acceptors (Lipinski definition) is 3. The molecule has 0 amide bonds. The zero-order valence-corrected chi connectivity index (χ0v) is 15.5. The summed E-state index contributed by atoms with van der Waals surface area (Å²) in [4.78, 5) is 25.4. The minimum absolute atomic E-state index is 0.138. The molecule has 0 saturated heterocycles. The molecule has 0 saturated carbocycles. The number of esters is 1. The first-order chi connectivity index (χ1) is 12.6. The number of nitrogens with zero attached hydrogens (tertiary/aromatic N) is 1. The van der Waals surface area contributed by atoms with Crippen molar-refractivity contribution in [2.24, 2.45) is 0 Å². The number of fused-ring (bicyclic) bond motifs is 3. The monoisotopic (exact) mass is 407 g/mol. The SMILES string of the molecule is COC(=O)c1cc(C(=O)c2ccc(Br)cc2)c2ccc3ccccc3n12. The molecule has 0 aliphatic carbocycles. The second kappa shape index (κ2) is 6.42. The number of carbonyl (C=O) groups excluding carboxylic acids is 2. The predicted octanol–water partition coefficient (Wildman–Crippen LogP) is 4.87. The van der Waals surface area contributed by atoms with E-state index in [2.05, 4.69) is 15.9 Å². The highest BCUT2D eigenvalue weighted by Gasteiger charge is 2.22. The smallest absolute Gasteiger partial charge is 0.355 e. The van der Waals surface area contributed by atoms with Gasteiger partial charge in [-0.15, -0.1) is 0 Å². The van der Waals surface area contributed by atoms with Gasteiger partial charge in [0.05, 0.1) is 18.1 Å². The highest BCUT2D eigenvalue weighted by atomic mass is 79.9. The van der Waals surface area contributed by atoms with Crippen LogP contribution in [-0.2, 0) is 4.74 Å². The highest BCUT2D eigenvalue weighted by Crippen LogP contribution is 2.26. The number of methoxy groups -OCH3 is 1. The molecule has 128 valence electrons. The van der Waals surface area contributed by atoms with Crippen molar-refractivity contribution in [2.75, 3.05) is 7.11 Å². The van der Waals surface area contributed by atoms with Gasteiger partial charge in [-0.25, -0.2) is 4.79 Å². The van der Waals surface area contributed by atoms with E-state index in [0.29, 0.717) is 22.3 Å². The number of ether oxygens (including phenoxy) is 1. The van der Waals surface area contributed by atoms with E-state index >= 15 is 0 Å². The minimum atomic E-state index is -0.480. The Morgan fingerprint density at radius 2 is 1.65 bits per heavy atom. The Morgan fingerprint density at radius 1 is 0.923 bits per heavy atom. The largest absolute Gasteiger partial charge is 0.464 e. The van der Waals surface area contributed by atoms with Crippen molar-refractivity contribution < 1.29 is 14.3 Å². The molecule has 0 fully saturated rings. The Balaban J connectivity index is 2.01. The maximum Gasteiger partial charge on any atom is 0.355 e. The summed E-state index contributed by atoms with van der Waals surface area (Å²) < 4.78 is 7.62. The van der Waals surface area contributed by atoms with Gasteiger partial charge in [0, 0.05) is 15.6 Å². The van der Waals surface area contributed by atoms with E-state index in [1.54, 1.807) is 22.6 Å². The van der Waals surface area contributed by atoms with E-state index < -0.39 is 5.97 Å². The Bertz CT molecular complexity index is 1160. The molecular weight excluding hydrogens is 394 g/mol. The third-order valence-corrected chi connectivity index (χ3v) is 4.91. The highest BCUT2D eigenvalue weighted by molar-refractivity contribution is 9.10. The van der Waals surface area contributed by atoms with Gasteiger partial charge in [-0.2, -0.15) is 0 Å². The van der Waals surface area contributed by atoms with Crippen molar-refractivity contribution in [3.63, 3.8) is 0 Å². The molecule has 5 heteroatoms. The fourth-order valence-corrected chi connectivity index (χ4v) is 3.41. The normalized spacial score (nSPS) is 11.0. The van der Waals surface area contributed by atoms with Crippen LogP contribution in [0.15, 0.2) is 71.2 Å². The Labute approximate surface area is 158 Å². The first-order valence-electron chi connectivity index (χ1n) is 8.02. The van der Waals surface area contributed by atoms with Crippen LogP contribution < -0.4 is 0 Å². The van der Waals surface area contributed by atoms with E-state index in [-0.39, 0.29) is 5.78 Å². The van der Waals surface area contributed by atoms with Crippen molar-refractivity contribution in [3.05, 3.63) is 88.0 Å². The van der Waals surface area contributed by atoms with Gasteiger partial charge in [-0.05, 0) is 47.9 Å². The summed E-state index contributed by atoms with van der Waals surface area (Å²) in [5, 5.41) is 0.975. The number of halogens is 1. The minimum Gasteiger partial charge on any atom is -0.464 e. The molecule has 0 spiro atoms. The summed E-state index contributed by atoms with van der Waals surface area (Å²) in [7, 11) is 1.34. The van der Waals surface area contributed by atoms with Gasteiger partial charge in [0.1, 0.15) is 5.69 Å². The van der Waals surface area contributed by atoms with Gasteiger partial charge >= 0.3 is 5.97 Å². The van der Waals surface area contributed by atoms with E-state index in [0.717, 1.165) is 15.4 Å². The average molecular weight is 408 g/mol. The number of ketones is 1. The number of benzene rings is 2. The van der Waals surface area contributed by atoms with Crippen molar-refractivity contribution >= 4 is 44.1 Å². The predicted molar refractivity (Wildman–Crippen MR) is 104 cm³/mol. The van der Waals surface area contributed by atoms with Crippen LogP contribution in [0.1, 0.15) is 26.4 Å². The van der Waals surface area contributed by atoms with Crippen LogP contribution in [-0.4, -0.2) is 23.3 Å². The molecule has 4 nitrogen and oxygen atoms in total. The van der Waals surface area contributed by atoms with Crippen LogP contribution in [0.4, 0.5) is 0 Å². The average Bonchev–Trinajstić information content (AvgIpc) is 3.07. The molecule has 4 rings (SSSR count). The Hall–Kier alpha value is -2.92. The van der Waals surface area contributed by atoms with E-state index in [4.69, 9.17) is 4.74 Å². The number of hydrogen-bond donors (Lipinski definition) is 0. The maximum atomic E-state index is 13.1. The van der Waals surface area contributed by atoms with Gasteiger partial charge in [-0.3, -0.25) is 4.79 Å². The lowest BCUT2D eigenvalue weighted by atomic mass is 10.0. The maximum absolute atomic E-state index is 13.1. The molecule has 2 aromatic heterocycles. The van der Waals surface area contributed by atoms with Gasteiger partial charge in [0.25, 0.3) is 0 Å². The van der Waals surface area contributed by atoms with Gasteiger partial charge in [-0.1, -0.05) is 40.2 Å². The van der Waals surface area contributed by atoms with Crippen molar-refractivity contribution in [3.8, 4) is 0 Å². The van der Waals surface area contributed by atoms with Crippen LogP contribution >= 0.6 is 15.9 Å². The lowest BCUT2D eigenvalue weighted by Crippen LogP contribution is -2.05. The molecule has 0 aliphatic heterocycles. The lowest BCUT2D eigenvalue weighted by molar-refractivity contribution is 0.0593. The zero-order chi connectivity index (χ0) is 18.3. The third kappa shape index (κ3) is 2.61. The summed E-state index contributed by atoms with van der Waals surface area (Å²) in [6, 6.07) is 20.3. The molecule has 0 atom stereocenters. The molecule has 0 N–H and O–H groups in total. The van der Waals surface area contributed by atoms with Crippen molar-refractivity contribution in [2.45, 2.75) is 0 Å². The standard InChI is InChI=1S/C21H14BrNO3/c1-26-21(25)19-12-16(20(24)14-6-9-15(22)10-7-14)18-11-8-13-4-2-3-5-17(13)23(18)19/h2-12H,1H3. The second-order valence-corrected chi connectivity index (χ2v) is 6.80. The van der Waals surface area contributed by atoms with Crippen LogP contribution in [0.3, 0.4) is 0 Å². The Morgan fingerprint density at radius 3 is 2.38 bits per heavy atom.